The van der Waals surface area contributed by atoms with Crippen molar-refractivity contribution < 1.29 is 8.15 Å². The fraction of sp³-hybridized carbons (Fsp3) is 0.556. The molecule has 1 heterocycles. The van der Waals surface area contributed by atoms with Crippen LogP contribution in [0.15, 0.2) is 40.0 Å². The molecule has 0 saturated heterocycles. The van der Waals surface area contributed by atoms with E-state index in [4.69, 9.17) is 0 Å². The Morgan fingerprint density at radius 1 is 0.957 bits per heavy atom. The van der Waals surface area contributed by atoms with Crippen LogP contribution in [0, 0.1) is 0 Å². The van der Waals surface area contributed by atoms with Crippen molar-refractivity contribution in [1.82, 2.24) is 0 Å². The topological polar surface area (TPSA) is 0 Å². The molecule has 23 heavy (non-hydrogen) atoms. The molecule has 1 unspecified atom stereocenters. The van der Waals surface area contributed by atoms with Gasteiger partial charge in [-0.25, -0.2) is 0 Å². The number of hydrogen-bond donors (Lipinski definition) is 0. The zero-order valence-electron chi connectivity index (χ0n) is 16.6. The van der Waals surface area contributed by atoms with E-state index in [1.807, 2.05) is 0 Å². The van der Waals surface area contributed by atoms with Crippen LogP contribution in [0.25, 0.3) is 0 Å². The summed E-state index contributed by atoms with van der Waals surface area (Å²) in [5, 5.41) is 19.1. The molecule has 0 nitrogen and oxygen atoms in total. The summed E-state index contributed by atoms with van der Waals surface area (Å²) in [5.74, 6) is 2.38. The molecule has 0 spiro atoms. The monoisotopic (exact) mass is 432 g/mol. The van der Waals surface area contributed by atoms with E-state index < -0.39 is 14.8 Å². The average Bonchev–Trinajstić information content (AvgIpc) is 2.91. The van der Waals surface area contributed by atoms with E-state index in [0.29, 0.717) is 0 Å². The van der Waals surface area contributed by atoms with Crippen molar-refractivity contribution in [2.24, 2.45) is 0 Å². The van der Waals surface area contributed by atoms with Gasteiger partial charge in [0.05, 0.1) is 0 Å². The van der Waals surface area contributed by atoms with E-state index in [-0.39, 0.29) is 24.8 Å². The largest absolute Gasteiger partial charge is 0.147 e. The molecule has 0 amide bonds. The molecule has 138 valence electrons. The van der Waals surface area contributed by atoms with Crippen molar-refractivity contribution in [1.29, 1.82) is 0 Å². The van der Waals surface area contributed by atoms with Crippen molar-refractivity contribution in [2.45, 2.75) is 56.1 Å². The maximum absolute atomic E-state index is 5.35. The summed E-state index contributed by atoms with van der Waals surface area (Å²) in [7, 11) is -4.55. The van der Waals surface area contributed by atoms with Crippen LogP contribution >= 0.6 is 33.0 Å². The van der Waals surface area contributed by atoms with Gasteiger partial charge in [-0.1, -0.05) is 0 Å². The Balaban J connectivity index is 0.00000242. The number of hydrogen-bond acceptors (Lipinski definition) is 0. The molecule has 0 fully saturated rings. The van der Waals surface area contributed by atoms with Gasteiger partial charge in [0.2, 0.25) is 0 Å². The Morgan fingerprint density at radius 3 is 1.78 bits per heavy atom. The SMILES string of the molecule is C[SiH](C)[Ti]([CH3])([CH3])([CH3])([CH3])([CH3])([CH3])([CH3])([C]1=CC=CC1)[c]1ccc[pH]1.Cl.Cl. The summed E-state index contributed by atoms with van der Waals surface area (Å²) >= 11 is 0. The summed E-state index contributed by atoms with van der Waals surface area (Å²) in [6, 6.07) is 4.76. The molecule has 0 radical (unpaired) electrons. The zero-order valence-corrected chi connectivity index (χ0v) is 21.9. The second-order valence-corrected chi connectivity index (χ2v) is 102. The fourth-order valence-corrected chi connectivity index (χ4v) is 34.1. The van der Waals surface area contributed by atoms with E-state index in [1.54, 1.807) is 7.48 Å². The van der Waals surface area contributed by atoms with Crippen molar-refractivity contribution in [2.75, 3.05) is 0 Å². The first-order chi connectivity index (χ1) is 8.55. The summed E-state index contributed by atoms with van der Waals surface area (Å²) in [4.78, 5) is 0. The van der Waals surface area contributed by atoms with E-state index in [0.717, 1.165) is 14.6 Å². The molecule has 1 aliphatic carbocycles. The van der Waals surface area contributed by atoms with E-state index in [2.05, 4.69) is 85.9 Å². The van der Waals surface area contributed by atoms with Crippen LogP contribution in [-0.2, 0) is 8.15 Å². The fourth-order valence-electron chi connectivity index (χ4n) is 4.39. The summed E-state index contributed by atoms with van der Waals surface area (Å²) in [6.45, 7) is 3.91. The standard InChI is InChI=1S/C5H5.C4H4P.C2H7Si.7CH3.2ClH.Ti/c2*1-2-4-5-3-1;1-3-2;;;;;;;;;;/h1-3H,4H2;1-3,5H;3H,1-2H3;7*1H3;2*1H;. The van der Waals surface area contributed by atoms with Crippen LogP contribution in [0.1, 0.15) is 6.42 Å². The zero-order chi connectivity index (χ0) is 16.7. The van der Waals surface area contributed by atoms with Gasteiger partial charge in [0, 0.05) is 0 Å². The van der Waals surface area contributed by atoms with Crippen LogP contribution in [0.3, 0.4) is 0 Å². The predicted octanol–water partition coefficient (Wildman–Crippen LogP) is 7.72. The van der Waals surface area contributed by atoms with Gasteiger partial charge in [0.25, 0.3) is 0 Å². The van der Waals surface area contributed by atoms with Gasteiger partial charge in [0.15, 0.2) is 0 Å². The van der Waals surface area contributed by atoms with Crippen molar-refractivity contribution in [3.63, 3.8) is 0 Å². The summed E-state index contributed by atoms with van der Waals surface area (Å²) < 4.78 is 3.39. The van der Waals surface area contributed by atoms with Gasteiger partial charge >= 0.3 is 123 Å². The Morgan fingerprint density at radius 2 is 1.48 bits per heavy atom. The molecule has 1 aliphatic rings. The Kier molecular flexibility index (Phi) is 2.83. The van der Waals surface area contributed by atoms with E-state index in [1.165, 1.54) is 0 Å². The third-order valence-electron chi connectivity index (χ3n) is 10.8. The molecule has 0 N–H and O–H groups in total. The molecular formula is C18H39Cl2PSiTi. The summed E-state index contributed by atoms with van der Waals surface area (Å²) in [5.41, 5.74) is 0. The van der Waals surface area contributed by atoms with Crippen LogP contribution in [-0.4, -0.2) is 6.66 Å². The first-order valence-electron chi connectivity index (χ1n) is 8.65. The number of allylic oxidation sites excluding steroid dienone is 4. The molecule has 0 aliphatic heterocycles. The number of halogens is 2. The van der Waals surface area contributed by atoms with Gasteiger partial charge in [0.1, 0.15) is 0 Å². The van der Waals surface area contributed by atoms with Gasteiger partial charge in [-0.3, -0.25) is 0 Å². The van der Waals surface area contributed by atoms with Crippen LogP contribution < -0.4 is 3.60 Å². The Hall–Kier alpha value is 0.771. The van der Waals surface area contributed by atoms with Crippen LogP contribution in [0.5, 0.6) is 0 Å². The maximum Gasteiger partial charge on any atom is -0.147 e. The number of rotatable bonds is 3. The van der Waals surface area contributed by atoms with Gasteiger partial charge < -0.3 is 0 Å². The molecule has 0 bridgehead atoms. The minimum atomic E-state index is -5.35. The van der Waals surface area contributed by atoms with Crippen molar-refractivity contribution in [3.8, 4) is 0 Å². The Bertz CT molecular complexity index is 820. The van der Waals surface area contributed by atoms with Crippen LogP contribution in [0.2, 0.25) is 49.7 Å². The third kappa shape index (κ3) is 2.08. The van der Waals surface area contributed by atoms with Gasteiger partial charge in [-0.15, -0.1) is 24.8 Å². The quantitative estimate of drug-likeness (QED) is 0.428. The van der Waals surface area contributed by atoms with Crippen molar-refractivity contribution >= 4 is 43.3 Å². The predicted molar refractivity (Wildman–Crippen MR) is 122 cm³/mol. The Labute approximate surface area is 146 Å². The third-order valence-corrected chi connectivity index (χ3v) is 92.8. The minimum Gasteiger partial charge on any atom is -0.147 e. The average molecular weight is 433 g/mol. The maximum atomic E-state index is 2.73. The van der Waals surface area contributed by atoms with Crippen molar-refractivity contribution in [3.05, 3.63) is 40.0 Å². The van der Waals surface area contributed by atoms with E-state index >= 15 is 0 Å². The smallest absolute Gasteiger partial charge is 0.147 e. The van der Waals surface area contributed by atoms with Crippen LogP contribution in [0.4, 0.5) is 0 Å². The molecule has 5 heteroatoms. The second kappa shape index (κ2) is 2.74. The first-order valence-corrected chi connectivity index (χ1v) is 27.8. The second-order valence-electron chi connectivity index (χ2n) is 20.0. The van der Waals surface area contributed by atoms with Gasteiger partial charge in [-0.2, -0.15) is 0 Å². The molecular weight excluding hydrogens is 394 g/mol. The molecule has 1 aromatic rings. The van der Waals surface area contributed by atoms with E-state index in [9.17, 15) is 0 Å². The van der Waals surface area contributed by atoms with Gasteiger partial charge in [-0.05, 0) is 0 Å². The molecule has 0 aromatic carbocycles. The first kappa shape index (κ1) is 23.8. The normalized spacial score (nSPS) is 27.0. The molecule has 1 aromatic heterocycles. The summed E-state index contributed by atoms with van der Waals surface area (Å²) in [6.07, 6.45) is 8.20. The molecule has 0 saturated carbocycles. The minimum absolute atomic E-state index is 0. The molecule has 2 rings (SSSR count). The molecule has 1 atom stereocenters.